The highest BCUT2D eigenvalue weighted by Crippen LogP contribution is 2.45. The highest BCUT2D eigenvalue weighted by molar-refractivity contribution is 7.08. The quantitative estimate of drug-likeness (QED) is 0.468. The smallest absolute Gasteiger partial charge is 0.275 e. The second-order valence-electron chi connectivity index (χ2n) is 9.72. The van der Waals surface area contributed by atoms with Gasteiger partial charge in [-0.1, -0.05) is 0 Å². The SMILES string of the molecule is CN/C(=C\C(C)=N)c1cc2c(cc1OC)OCc1c(C(=O)N3CCOCC3(C)C)nn(-c3ccsc3)c1-2. The Balaban J connectivity index is 1.72. The summed E-state index contributed by atoms with van der Waals surface area (Å²) in [6.45, 7) is 7.43. The number of carbonyl (C=O) groups is 1. The molecule has 1 fully saturated rings. The molecule has 0 bridgehead atoms. The lowest BCUT2D eigenvalue weighted by Crippen LogP contribution is -2.55. The van der Waals surface area contributed by atoms with E-state index in [1.165, 1.54) is 0 Å². The maximum absolute atomic E-state index is 13.9. The number of morpholine rings is 1. The van der Waals surface area contributed by atoms with Crippen molar-refractivity contribution in [3.8, 4) is 28.4 Å². The van der Waals surface area contributed by atoms with E-state index in [9.17, 15) is 4.79 Å². The molecule has 1 aromatic carbocycles. The number of aromatic nitrogens is 2. The van der Waals surface area contributed by atoms with E-state index in [1.807, 2.05) is 59.4 Å². The summed E-state index contributed by atoms with van der Waals surface area (Å²) < 4.78 is 19.4. The molecular weight excluding hydrogens is 490 g/mol. The number of hydrogen-bond acceptors (Lipinski definition) is 8. The first-order valence-corrected chi connectivity index (χ1v) is 13.0. The Morgan fingerprint density at radius 3 is 2.81 bits per heavy atom. The average molecular weight is 522 g/mol. The maximum atomic E-state index is 13.9. The van der Waals surface area contributed by atoms with Crippen molar-refractivity contribution in [3.63, 3.8) is 0 Å². The van der Waals surface area contributed by atoms with Gasteiger partial charge in [-0.2, -0.15) is 16.4 Å². The fourth-order valence-corrected chi connectivity index (χ4v) is 5.47. The minimum Gasteiger partial charge on any atom is -0.496 e. The summed E-state index contributed by atoms with van der Waals surface area (Å²) in [6.07, 6.45) is 1.75. The van der Waals surface area contributed by atoms with Crippen LogP contribution in [-0.4, -0.2) is 65.8 Å². The average Bonchev–Trinajstić information content (AvgIpc) is 3.54. The molecule has 0 unspecified atom stereocenters. The Bertz CT molecular complexity index is 1390. The molecule has 1 saturated heterocycles. The molecule has 2 aromatic heterocycles. The van der Waals surface area contributed by atoms with Crippen LogP contribution in [0.1, 0.15) is 42.4 Å². The zero-order valence-corrected chi connectivity index (χ0v) is 22.5. The van der Waals surface area contributed by atoms with Crippen LogP contribution in [0.5, 0.6) is 11.5 Å². The number of fused-ring (bicyclic) bond motifs is 3. The van der Waals surface area contributed by atoms with Gasteiger partial charge in [-0.25, -0.2) is 4.68 Å². The fourth-order valence-electron chi connectivity index (χ4n) is 4.86. The lowest BCUT2D eigenvalue weighted by atomic mass is 9.96. The van der Waals surface area contributed by atoms with Crippen LogP contribution in [0.25, 0.3) is 22.6 Å². The Morgan fingerprint density at radius 2 is 2.16 bits per heavy atom. The van der Waals surface area contributed by atoms with Gasteiger partial charge in [-0.05, 0) is 44.4 Å². The molecule has 5 rings (SSSR count). The number of amides is 1. The van der Waals surface area contributed by atoms with Gasteiger partial charge in [0.05, 0.1) is 37.2 Å². The summed E-state index contributed by atoms with van der Waals surface area (Å²) in [5.74, 6) is 1.14. The van der Waals surface area contributed by atoms with E-state index >= 15 is 0 Å². The first kappa shape index (κ1) is 25.0. The molecule has 1 amide bonds. The molecule has 0 saturated carbocycles. The number of carbonyl (C=O) groups excluding carboxylic acids is 1. The van der Waals surface area contributed by atoms with Gasteiger partial charge in [0.1, 0.15) is 18.1 Å². The van der Waals surface area contributed by atoms with Crippen molar-refractivity contribution < 1.29 is 19.0 Å². The van der Waals surface area contributed by atoms with E-state index in [1.54, 1.807) is 31.4 Å². The number of rotatable bonds is 6. The summed E-state index contributed by atoms with van der Waals surface area (Å²) in [7, 11) is 3.42. The molecule has 0 atom stereocenters. The van der Waals surface area contributed by atoms with Crippen LogP contribution in [0.4, 0.5) is 0 Å². The highest BCUT2D eigenvalue weighted by atomic mass is 32.1. The van der Waals surface area contributed by atoms with Crippen LogP contribution < -0.4 is 14.8 Å². The van der Waals surface area contributed by atoms with Crippen molar-refractivity contribution in [2.45, 2.75) is 32.9 Å². The first-order valence-electron chi connectivity index (χ1n) is 12.1. The highest BCUT2D eigenvalue weighted by Gasteiger charge is 2.39. The van der Waals surface area contributed by atoms with E-state index in [0.29, 0.717) is 42.7 Å². The number of nitrogens with zero attached hydrogens (tertiary/aromatic N) is 3. The summed E-state index contributed by atoms with van der Waals surface area (Å²) in [4.78, 5) is 15.8. The predicted molar refractivity (Wildman–Crippen MR) is 144 cm³/mol. The molecule has 194 valence electrons. The Labute approximate surface area is 220 Å². The summed E-state index contributed by atoms with van der Waals surface area (Å²) in [5.41, 5.74) is 5.13. The molecule has 3 aromatic rings. The molecule has 4 heterocycles. The third-order valence-corrected chi connectivity index (χ3v) is 7.35. The molecule has 0 radical (unpaired) electrons. The number of methoxy groups -OCH3 is 1. The minimum atomic E-state index is -0.445. The van der Waals surface area contributed by atoms with Gasteiger partial charge in [0.15, 0.2) is 5.69 Å². The number of hydrogen-bond donors (Lipinski definition) is 2. The van der Waals surface area contributed by atoms with Crippen molar-refractivity contribution in [2.24, 2.45) is 0 Å². The van der Waals surface area contributed by atoms with Gasteiger partial charge in [-0.3, -0.25) is 4.79 Å². The largest absolute Gasteiger partial charge is 0.496 e. The lowest BCUT2D eigenvalue weighted by Gasteiger charge is -2.41. The molecule has 2 aliphatic heterocycles. The van der Waals surface area contributed by atoms with E-state index in [2.05, 4.69) is 5.32 Å². The van der Waals surface area contributed by atoms with Crippen molar-refractivity contribution >= 4 is 28.7 Å². The minimum absolute atomic E-state index is 0.130. The Hall–Kier alpha value is -3.63. The number of nitrogens with one attached hydrogen (secondary N) is 2. The van der Waals surface area contributed by atoms with Crippen molar-refractivity contribution in [1.29, 1.82) is 5.41 Å². The van der Waals surface area contributed by atoms with Crippen molar-refractivity contribution in [1.82, 2.24) is 20.0 Å². The molecule has 9 nitrogen and oxygen atoms in total. The fraction of sp³-hybridized carbons (Fsp3) is 0.370. The number of thiophene rings is 1. The van der Waals surface area contributed by atoms with Crippen LogP contribution in [0.2, 0.25) is 0 Å². The number of ether oxygens (including phenoxy) is 3. The summed E-state index contributed by atoms with van der Waals surface area (Å²) in [5, 5.41) is 20.0. The molecule has 10 heteroatoms. The van der Waals surface area contributed by atoms with Gasteiger partial charge in [0, 0.05) is 53.1 Å². The molecule has 37 heavy (non-hydrogen) atoms. The zero-order chi connectivity index (χ0) is 26.3. The van der Waals surface area contributed by atoms with Crippen LogP contribution in [0, 0.1) is 5.41 Å². The maximum Gasteiger partial charge on any atom is 0.275 e. The predicted octanol–water partition coefficient (Wildman–Crippen LogP) is 4.35. The Morgan fingerprint density at radius 1 is 1.35 bits per heavy atom. The molecule has 2 N–H and O–H groups in total. The van der Waals surface area contributed by atoms with Gasteiger partial charge >= 0.3 is 0 Å². The first-order chi connectivity index (χ1) is 17.7. The normalized spacial score (nSPS) is 16.5. The second kappa shape index (κ2) is 9.68. The Kier molecular flexibility index (Phi) is 6.55. The van der Waals surface area contributed by atoms with E-state index in [-0.39, 0.29) is 12.5 Å². The lowest BCUT2D eigenvalue weighted by molar-refractivity contribution is -0.0374. The van der Waals surface area contributed by atoms with E-state index < -0.39 is 5.54 Å². The molecule has 0 aliphatic carbocycles. The topological polar surface area (TPSA) is 102 Å². The number of benzene rings is 1. The van der Waals surface area contributed by atoms with Crippen LogP contribution >= 0.6 is 11.3 Å². The van der Waals surface area contributed by atoms with Crippen LogP contribution in [0.3, 0.4) is 0 Å². The van der Waals surface area contributed by atoms with Gasteiger partial charge in [-0.15, -0.1) is 0 Å². The second-order valence-corrected chi connectivity index (χ2v) is 10.5. The van der Waals surface area contributed by atoms with Crippen LogP contribution in [0.15, 0.2) is 35.0 Å². The third kappa shape index (κ3) is 4.40. The van der Waals surface area contributed by atoms with Gasteiger partial charge in [0.25, 0.3) is 5.91 Å². The zero-order valence-electron chi connectivity index (χ0n) is 21.7. The molecular formula is C27H31N5O4S. The van der Waals surface area contributed by atoms with Crippen LogP contribution in [-0.2, 0) is 11.3 Å². The molecule has 0 spiro atoms. The third-order valence-electron chi connectivity index (χ3n) is 6.68. The summed E-state index contributed by atoms with van der Waals surface area (Å²) >= 11 is 1.57. The van der Waals surface area contributed by atoms with E-state index in [0.717, 1.165) is 33.8 Å². The van der Waals surface area contributed by atoms with Crippen molar-refractivity contribution in [2.75, 3.05) is 33.9 Å². The van der Waals surface area contributed by atoms with E-state index in [4.69, 9.17) is 24.7 Å². The van der Waals surface area contributed by atoms with Gasteiger partial charge < -0.3 is 29.8 Å². The molecule has 2 aliphatic rings. The summed E-state index contributed by atoms with van der Waals surface area (Å²) in [6, 6.07) is 5.83. The van der Waals surface area contributed by atoms with Gasteiger partial charge in [0.2, 0.25) is 0 Å². The number of allylic oxidation sites excluding steroid dienone is 1. The standard InChI is InChI=1S/C27H31N5O4S/c1-16(28)10-21(29-4)18-11-19-23(12-22(18)34-5)36-13-20-24(26(33)31-7-8-35-15-27(31,2)3)30-32(25(19)20)17-6-9-37-14-17/h6,9-12,14,28-29H,7-8,13,15H2,1-5H3/b21-10-,28-16?. The monoisotopic (exact) mass is 521 g/mol. The van der Waals surface area contributed by atoms with Crippen molar-refractivity contribution in [3.05, 3.63) is 51.9 Å².